The van der Waals surface area contributed by atoms with Crippen LogP contribution >= 0.6 is 0 Å². The first-order valence-electron chi connectivity index (χ1n) is 6.62. The maximum absolute atomic E-state index is 12.0. The third-order valence-electron chi connectivity index (χ3n) is 2.75. The topological polar surface area (TPSA) is 76.0 Å². The number of rotatable bonds is 9. The van der Waals surface area contributed by atoms with E-state index in [0.29, 0.717) is 19.0 Å². The van der Waals surface area contributed by atoms with Gasteiger partial charge in [-0.3, -0.25) is 4.68 Å². The number of aromatic nitrogens is 2. The lowest BCUT2D eigenvalue weighted by atomic mass is 10.1. The van der Waals surface area contributed by atoms with Gasteiger partial charge < -0.3 is 5.32 Å². The number of hydrogen-bond acceptors (Lipinski definition) is 4. The maximum Gasteiger partial charge on any atom is 0.243 e. The molecule has 0 unspecified atom stereocenters. The zero-order valence-corrected chi connectivity index (χ0v) is 12.7. The number of hydrogen-bond donors (Lipinski definition) is 2. The van der Waals surface area contributed by atoms with Crippen molar-refractivity contribution in [2.24, 2.45) is 5.92 Å². The summed E-state index contributed by atoms with van der Waals surface area (Å²) in [5, 5.41) is 7.11. The molecule has 0 saturated carbocycles. The first-order valence-corrected chi connectivity index (χ1v) is 8.10. The second-order valence-electron chi connectivity index (χ2n) is 4.98. The Balaban J connectivity index is 2.53. The van der Waals surface area contributed by atoms with Gasteiger partial charge in [-0.15, -0.1) is 0 Å². The van der Waals surface area contributed by atoms with Crippen LogP contribution in [0, 0.1) is 5.92 Å². The zero-order valence-electron chi connectivity index (χ0n) is 11.9. The molecule has 0 fully saturated rings. The SMILES string of the molecule is CNCCCn1cc(S(=O)(=O)NCCC(C)C)cn1. The molecule has 0 saturated heterocycles. The van der Waals surface area contributed by atoms with Crippen LogP contribution in [0.2, 0.25) is 0 Å². The van der Waals surface area contributed by atoms with Gasteiger partial charge in [0.15, 0.2) is 0 Å². The van der Waals surface area contributed by atoms with E-state index in [2.05, 4.69) is 29.0 Å². The lowest BCUT2D eigenvalue weighted by Gasteiger charge is -2.06. The molecule has 2 N–H and O–H groups in total. The molecule has 110 valence electrons. The molecule has 0 aliphatic carbocycles. The molecule has 1 aromatic rings. The molecule has 0 amide bonds. The molecular weight excluding hydrogens is 264 g/mol. The summed E-state index contributed by atoms with van der Waals surface area (Å²) in [6.45, 7) is 6.18. The maximum atomic E-state index is 12.0. The van der Waals surface area contributed by atoms with E-state index in [0.717, 1.165) is 19.4 Å². The van der Waals surface area contributed by atoms with E-state index in [1.807, 2.05) is 7.05 Å². The molecule has 0 aromatic carbocycles. The molecule has 0 spiro atoms. The molecule has 0 aliphatic heterocycles. The first kappa shape index (κ1) is 16.1. The van der Waals surface area contributed by atoms with Crippen LogP contribution in [0.1, 0.15) is 26.7 Å². The average Bonchev–Trinajstić information content (AvgIpc) is 2.78. The summed E-state index contributed by atoms with van der Waals surface area (Å²) < 4.78 is 28.2. The average molecular weight is 288 g/mol. The molecule has 0 bridgehead atoms. The fraction of sp³-hybridized carbons (Fsp3) is 0.750. The third kappa shape index (κ3) is 5.71. The standard InChI is InChI=1S/C12H24N4O2S/c1-11(2)5-7-15-19(17,18)12-9-14-16(10-12)8-4-6-13-3/h9-11,13,15H,4-8H2,1-3H3. The Labute approximate surface area is 115 Å². The van der Waals surface area contributed by atoms with Crippen molar-refractivity contribution >= 4 is 10.0 Å². The largest absolute Gasteiger partial charge is 0.320 e. The van der Waals surface area contributed by atoms with E-state index in [9.17, 15) is 8.42 Å². The summed E-state index contributed by atoms with van der Waals surface area (Å²) in [6, 6.07) is 0. The smallest absolute Gasteiger partial charge is 0.243 e. The highest BCUT2D eigenvalue weighted by molar-refractivity contribution is 7.89. The minimum atomic E-state index is -3.41. The van der Waals surface area contributed by atoms with Crippen LogP contribution in [0.15, 0.2) is 17.3 Å². The monoisotopic (exact) mass is 288 g/mol. The number of nitrogens with zero attached hydrogens (tertiary/aromatic N) is 2. The molecule has 0 atom stereocenters. The van der Waals surface area contributed by atoms with E-state index in [1.54, 1.807) is 10.9 Å². The van der Waals surface area contributed by atoms with Gasteiger partial charge in [-0.2, -0.15) is 5.10 Å². The van der Waals surface area contributed by atoms with E-state index in [1.165, 1.54) is 6.20 Å². The highest BCUT2D eigenvalue weighted by atomic mass is 32.2. The quantitative estimate of drug-likeness (QED) is 0.660. The van der Waals surface area contributed by atoms with E-state index >= 15 is 0 Å². The Hall–Kier alpha value is -0.920. The lowest BCUT2D eigenvalue weighted by Crippen LogP contribution is -2.25. The van der Waals surface area contributed by atoms with Crippen molar-refractivity contribution in [3.05, 3.63) is 12.4 Å². The minimum Gasteiger partial charge on any atom is -0.320 e. The van der Waals surface area contributed by atoms with Crippen molar-refractivity contribution < 1.29 is 8.42 Å². The van der Waals surface area contributed by atoms with Gasteiger partial charge in [0.25, 0.3) is 0 Å². The van der Waals surface area contributed by atoms with Gasteiger partial charge in [0, 0.05) is 19.3 Å². The van der Waals surface area contributed by atoms with Crippen LogP contribution in [-0.4, -0.2) is 38.3 Å². The number of aryl methyl sites for hydroxylation is 1. The predicted molar refractivity (Wildman–Crippen MR) is 75.4 cm³/mol. The Morgan fingerprint density at radius 2 is 2.11 bits per heavy atom. The summed E-state index contributed by atoms with van der Waals surface area (Å²) in [4.78, 5) is 0.237. The van der Waals surface area contributed by atoms with Gasteiger partial charge in [0.05, 0.1) is 6.20 Å². The molecular formula is C12H24N4O2S. The second kappa shape index (κ2) is 7.62. The van der Waals surface area contributed by atoms with E-state index in [4.69, 9.17) is 0 Å². The van der Waals surface area contributed by atoms with Crippen LogP contribution in [0.25, 0.3) is 0 Å². The van der Waals surface area contributed by atoms with Crippen molar-refractivity contribution in [2.45, 2.75) is 38.1 Å². The van der Waals surface area contributed by atoms with Gasteiger partial charge in [0.2, 0.25) is 10.0 Å². The number of nitrogens with one attached hydrogen (secondary N) is 2. The van der Waals surface area contributed by atoms with Crippen LogP contribution < -0.4 is 10.0 Å². The van der Waals surface area contributed by atoms with Crippen LogP contribution in [-0.2, 0) is 16.6 Å². The Morgan fingerprint density at radius 1 is 1.37 bits per heavy atom. The van der Waals surface area contributed by atoms with Gasteiger partial charge in [-0.05, 0) is 32.4 Å². The second-order valence-corrected chi connectivity index (χ2v) is 6.74. The van der Waals surface area contributed by atoms with Crippen LogP contribution in [0.3, 0.4) is 0 Å². The summed E-state index contributed by atoms with van der Waals surface area (Å²) in [7, 11) is -1.53. The fourth-order valence-corrected chi connectivity index (χ4v) is 2.59. The number of sulfonamides is 1. The van der Waals surface area contributed by atoms with E-state index in [-0.39, 0.29) is 4.90 Å². The Bertz CT molecular complexity index is 468. The third-order valence-corrected chi connectivity index (χ3v) is 4.16. The van der Waals surface area contributed by atoms with Crippen molar-refractivity contribution in [3.63, 3.8) is 0 Å². The minimum absolute atomic E-state index is 0.237. The summed E-state index contributed by atoms with van der Waals surface area (Å²) >= 11 is 0. The fourth-order valence-electron chi connectivity index (χ4n) is 1.59. The highest BCUT2D eigenvalue weighted by Crippen LogP contribution is 2.08. The van der Waals surface area contributed by atoms with Crippen molar-refractivity contribution in [1.29, 1.82) is 0 Å². The van der Waals surface area contributed by atoms with Crippen molar-refractivity contribution in [3.8, 4) is 0 Å². The van der Waals surface area contributed by atoms with Crippen molar-refractivity contribution in [2.75, 3.05) is 20.1 Å². The zero-order chi connectivity index (χ0) is 14.3. The summed E-state index contributed by atoms with van der Waals surface area (Å²) in [6.07, 6.45) is 4.72. The highest BCUT2D eigenvalue weighted by Gasteiger charge is 2.15. The normalized spacial score (nSPS) is 12.2. The lowest BCUT2D eigenvalue weighted by molar-refractivity contribution is 0.549. The van der Waals surface area contributed by atoms with Gasteiger partial charge >= 0.3 is 0 Å². The Kier molecular flexibility index (Phi) is 6.47. The molecule has 1 rings (SSSR count). The summed E-state index contributed by atoms with van der Waals surface area (Å²) in [5.41, 5.74) is 0. The molecule has 0 radical (unpaired) electrons. The van der Waals surface area contributed by atoms with Gasteiger partial charge in [-0.1, -0.05) is 13.8 Å². The summed E-state index contributed by atoms with van der Waals surface area (Å²) in [5.74, 6) is 0.479. The molecule has 1 aromatic heterocycles. The molecule has 6 nitrogen and oxygen atoms in total. The molecule has 0 aliphatic rings. The molecule has 7 heteroatoms. The predicted octanol–water partition coefficient (Wildman–Crippen LogP) is 0.817. The van der Waals surface area contributed by atoms with Gasteiger partial charge in [-0.25, -0.2) is 13.1 Å². The molecule has 19 heavy (non-hydrogen) atoms. The van der Waals surface area contributed by atoms with E-state index < -0.39 is 10.0 Å². The van der Waals surface area contributed by atoms with Crippen LogP contribution in [0.4, 0.5) is 0 Å². The Morgan fingerprint density at radius 3 is 2.74 bits per heavy atom. The van der Waals surface area contributed by atoms with Crippen LogP contribution in [0.5, 0.6) is 0 Å². The van der Waals surface area contributed by atoms with Crippen molar-refractivity contribution in [1.82, 2.24) is 19.8 Å². The molecule has 1 heterocycles. The first-order chi connectivity index (χ1) is 8.95. The van der Waals surface area contributed by atoms with Gasteiger partial charge in [0.1, 0.15) is 4.90 Å².